The standard InChI is InChI=1S/C24H24N2O5/c1-4-5-15-6-8-17(9-7-15)24(2)22(28)26(23(29)25-24)14-16-12-21(27)31-20-13-18(30-3)10-11-19(16)20/h6-13H,4-5,14H2,1-3H3,(H,25,29)/t24-/m0/s1. The highest BCUT2D eigenvalue weighted by Gasteiger charge is 2.49. The SMILES string of the molecule is CCCc1ccc([C@]2(C)NC(=O)N(Cc3cc(=O)oc4cc(OC)ccc34)C2=O)cc1. The number of hydrogen-bond acceptors (Lipinski definition) is 5. The number of carbonyl (C=O) groups excluding carboxylic acids is 2. The van der Waals surface area contributed by atoms with Gasteiger partial charge >= 0.3 is 11.7 Å². The summed E-state index contributed by atoms with van der Waals surface area (Å²) in [4.78, 5) is 39.2. The number of hydrogen-bond donors (Lipinski definition) is 1. The van der Waals surface area contributed by atoms with Gasteiger partial charge < -0.3 is 14.5 Å². The monoisotopic (exact) mass is 420 g/mol. The molecule has 0 aliphatic carbocycles. The van der Waals surface area contributed by atoms with Crippen LogP contribution in [0.25, 0.3) is 11.0 Å². The van der Waals surface area contributed by atoms with E-state index in [1.807, 2.05) is 24.3 Å². The zero-order valence-electron chi connectivity index (χ0n) is 17.7. The molecule has 0 spiro atoms. The van der Waals surface area contributed by atoms with Gasteiger partial charge in [0.2, 0.25) is 0 Å². The third kappa shape index (κ3) is 3.67. The van der Waals surface area contributed by atoms with Crippen molar-refractivity contribution >= 4 is 22.9 Å². The summed E-state index contributed by atoms with van der Waals surface area (Å²) in [5.41, 5.74) is 1.04. The predicted molar refractivity (Wildman–Crippen MR) is 116 cm³/mol. The minimum atomic E-state index is -1.17. The van der Waals surface area contributed by atoms with Crippen LogP contribution < -0.4 is 15.7 Å². The molecule has 7 heteroatoms. The number of rotatable bonds is 6. The lowest BCUT2D eigenvalue weighted by molar-refractivity contribution is -0.131. The number of imide groups is 1. The molecule has 2 aromatic carbocycles. The number of benzene rings is 2. The molecule has 4 rings (SSSR count). The smallest absolute Gasteiger partial charge is 0.336 e. The second kappa shape index (κ2) is 7.91. The van der Waals surface area contributed by atoms with E-state index in [0.717, 1.165) is 23.3 Å². The molecule has 1 aliphatic heterocycles. The Kier molecular flexibility index (Phi) is 5.27. The van der Waals surface area contributed by atoms with Crippen LogP contribution in [0, 0.1) is 0 Å². The Morgan fingerprint density at radius 2 is 1.81 bits per heavy atom. The van der Waals surface area contributed by atoms with E-state index in [4.69, 9.17) is 9.15 Å². The molecule has 7 nitrogen and oxygen atoms in total. The van der Waals surface area contributed by atoms with Crippen molar-refractivity contribution in [3.05, 3.63) is 75.6 Å². The summed E-state index contributed by atoms with van der Waals surface area (Å²) in [6.45, 7) is 3.77. The van der Waals surface area contributed by atoms with Gasteiger partial charge in [0.15, 0.2) is 0 Å². The van der Waals surface area contributed by atoms with Crippen molar-refractivity contribution < 1.29 is 18.7 Å². The highest BCUT2D eigenvalue weighted by Crippen LogP contribution is 2.31. The lowest BCUT2D eigenvalue weighted by atomic mass is 9.91. The fraction of sp³-hybridized carbons (Fsp3) is 0.292. The molecule has 0 unspecified atom stereocenters. The Labute approximate surface area is 179 Å². The van der Waals surface area contributed by atoms with Gasteiger partial charge in [-0.05, 0) is 42.2 Å². The summed E-state index contributed by atoms with van der Waals surface area (Å²) in [5.74, 6) is 0.178. The van der Waals surface area contributed by atoms with Crippen molar-refractivity contribution in [1.82, 2.24) is 10.2 Å². The average molecular weight is 420 g/mol. The van der Waals surface area contributed by atoms with Crippen molar-refractivity contribution in [2.24, 2.45) is 0 Å². The molecule has 3 amide bonds. The summed E-state index contributed by atoms with van der Waals surface area (Å²) in [5, 5.41) is 3.45. The summed E-state index contributed by atoms with van der Waals surface area (Å²) in [7, 11) is 1.52. The van der Waals surface area contributed by atoms with Crippen molar-refractivity contribution in [3.63, 3.8) is 0 Å². The van der Waals surface area contributed by atoms with E-state index in [-0.39, 0.29) is 12.5 Å². The summed E-state index contributed by atoms with van der Waals surface area (Å²) >= 11 is 0. The van der Waals surface area contributed by atoms with Crippen LogP contribution in [0.15, 0.2) is 57.7 Å². The number of urea groups is 1. The molecule has 1 aliphatic rings. The van der Waals surface area contributed by atoms with Gasteiger partial charge in [-0.15, -0.1) is 0 Å². The number of nitrogens with one attached hydrogen (secondary N) is 1. The first kappa shape index (κ1) is 20.7. The van der Waals surface area contributed by atoms with Crippen LogP contribution in [0.5, 0.6) is 5.75 Å². The minimum Gasteiger partial charge on any atom is -0.497 e. The number of amides is 3. The van der Waals surface area contributed by atoms with Gasteiger partial charge in [-0.1, -0.05) is 37.6 Å². The fourth-order valence-corrected chi connectivity index (χ4v) is 3.97. The van der Waals surface area contributed by atoms with Crippen LogP contribution in [-0.2, 0) is 23.3 Å². The van der Waals surface area contributed by atoms with Crippen LogP contribution in [-0.4, -0.2) is 23.9 Å². The molecule has 1 N–H and O–H groups in total. The van der Waals surface area contributed by atoms with Crippen molar-refractivity contribution in [2.75, 3.05) is 7.11 Å². The Morgan fingerprint density at radius 3 is 2.48 bits per heavy atom. The lowest BCUT2D eigenvalue weighted by Crippen LogP contribution is -2.40. The van der Waals surface area contributed by atoms with E-state index >= 15 is 0 Å². The number of ether oxygens (including phenoxy) is 1. The molecule has 1 atom stereocenters. The van der Waals surface area contributed by atoms with Crippen LogP contribution in [0.1, 0.15) is 37.0 Å². The molecule has 3 aromatic rings. The molecule has 1 fully saturated rings. The summed E-state index contributed by atoms with van der Waals surface area (Å²) in [6.07, 6.45) is 1.99. The number of carbonyl (C=O) groups is 2. The van der Waals surface area contributed by atoms with E-state index in [0.29, 0.717) is 22.3 Å². The van der Waals surface area contributed by atoms with Gasteiger partial charge in [-0.3, -0.25) is 9.69 Å². The maximum Gasteiger partial charge on any atom is 0.336 e. The zero-order valence-corrected chi connectivity index (χ0v) is 17.7. The first-order chi connectivity index (χ1) is 14.9. The van der Waals surface area contributed by atoms with E-state index in [1.165, 1.54) is 18.7 Å². The quantitative estimate of drug-likeness (QED) is 0.485. The lowest BCUT2D eigenvalue weighted by Gasteiger charge is -2.22. The van der Waals surface area contributed by atoms with Crippen LogP contribution in [0.2, 0.25) is 0 Å². The molecule has 0 saturated carbocycles. The van der Waals surface area contributed by atoms with Gasteiger partial charge in [0.25, 0.3) is 5.91 Å². The fourth-order valence-electron chi connectivity index (χ4n) is 3.97. The molecule has 1 saturated heterocycles. The highest BCUT2D eigenvalue weighted by atomic mass is 16.5. The maximum atomic E-state index is 13.3. The third-order valence-electron chi connectivity index (χ3n) is 5.71. The summed E-state index contributed by atoms with van der Waals surface area (Å²) < 4.78 is 10.4. The van der Waals surface area contributed by atoms with Gasteiger partial charge in [-0.25, -0.2) is 9.59 Å². The first-order valence-corrected chi connectivity index (χ1v) is 10.2. The highest BCUT2D eigenvalue weighted by molar-refractivity contribution is 6.07. The van der Waals surface area contributed by atoms with E-state index in [9.17, 15) is 14.4 Å². The van der Waals surface area contributed by atoms with E-state index in [2.05, 4.69) is 12.2 Å². The molecule has 1 aromatic heterocycles. The van der Waals surface area contributed by atoms with Gasteiger partial charge in [0.1, 0.15) is 16.9 Å². The number of methoxy groups -OCH3 is 1. The van der Waals surface area contributed by atoms with Crippen molar-refractivity contribution in [2.45, 2.75) is 38.8 Å². The van der Waals surface area contributed by atoms with Crippen LogP contribution >= 0.6 is 0 Å². The minimum absolute atomic E-state index is 0.0391. The van der Waals surface area contributed by atoms with Crippen molar-refractivity contribution in [1.29, 1.82) is 0 Å². The molecular formula is C24H24N2O5. The molecule has 31 heavy (non-hydrogen) atoms. The Hall–Kier alpha value is -3.61. The topological polar surface area (TPSA) is 88.8 Å². The predicted octanol–water partition coefficient (Wildman–Crippen LogP) is 3.72. The normalized spacial score (nSPS) is 18.5. The van der Waals surface area contributed by atoms with Crippen LogP contribution in [0.3, 0.4) is 0 Å². The molecule has 0 radical (unpaired) electrons. The van der Waals surface area contributed by atoms with E-state index < -0.39 is 17.2 Å². The molecule has 2 heterocycles. The Morgan fingerprint density at radius 1 is 1.06 bits per heavy atom. The average Bonchev–Trinajstić information content (AvgIpc) is 2.97. The zero-order chi connectivity index (χ0) is 22.2. The molecular weight excluding hydrogens is 396 g/mol. The number of nitrogens with zero attached hydrogens (tertiary/aromatic N) is 1. The van der Waals surface area contributed by atoms with Crippen molar-refractivity contribution in [3.8, 4) is 5.75 Å². The van der Waals surface area contributed by atoms with Crippen LogP contribution in [0.4, 0.5) is 4.79 Å². The van der Waals surface area contributed by atoms with Gasteiger partial charge in [-0.2, -0.15) is 0 Å². The molecule has 0 bridgehead atoms. The van der Waals surface area contributed by atoms with E-state index in [1.54, 1.807) is 25.1 Å². The number of fused-ring (bicyclic) bond motifs is 1. The largest absolute Gasteiger partial charge is 0.497 e. The first-order valence-electron chi connectivity index (χ1n) is 10.2. The van der Waals surface area contributed by atoms with Gasteiger partial charge in [0.05, 0.1) is 13.7 Å². The Bertz CT molecular complexity index is 1210. The summed E-state index contributed by atoms with van der Waals surface area (Å²) in [6, 6.07) is 13.6. The number of aryl methyl sites for hydroxylation is 1. The second-order valence-electron chi connectivity index (χ2n) is 7.85. The Balaban J connectivity index is 1.66. The second-order valence-corrected chi connectivity index (χ2v) is 7.85. The third-order valence-corrected chi connectivity index (χ3v) is 5.71. The van der Waals surface area contributed by atoms with Gasteiger partial charge in [0, 0.05) is 17.5 Å². The molecule has 160 valence electrons. The maximum absolute atomic E-state index is 13.3.